The summed E-state index contributed by atoms with van der Waals surface area (Å²) in [6.07, 6.45) is 4.06. The number of rotatable bonds is 2. The fourth-order valence-electron chi connectivity index (χ4n) is 1.47. The Balaban J connectivity index is 3.24. The third-order valence-corrected chi connectivity index (χ3v) is 2.45. The Morgan fingerprint density at radius 1 is 1.29 bits per heavy atom. The van der Waals surface area contributed by atoms with Crippen LogP contribution in [0.1, 0.15) is 23.6 Å². The number of hydrogen-bond donors (Lipinski definition) is 0. The molecule has 0 saturated heterocycles. The molecule has 0 aliphatic carbocycles. The summed E-state index contributed by atoms with van der Waals surface area (Å²) in [6, 6.07) is 6.32. The summed E-state index contributed by atoms with van der Waals surface area (Å²) >= 11 is 0. The number of aryl methyl sites for hydroxylation is 1. The van der Waals surface area contributed by atoms with Crippen LogP contribution in [0.25, 0.3) is 0 Å². The van der Waals surface area contributed by atoms with Gasteiger partial charge in [0.25, 0.3) is 0 Å². The van der Waals surface area contributed by atoms with Crippen molar-refractivity contribution in [3.63, 3.8) is 0 Å². The predicted octanol–water partition coefficient (Wildman–Crippen LogP) is 3.30. The Labute approximate surface area is 86.2 Å². The quantitative estimate of drug-likeness (QED) is 0.630. The van der Waals surface area contributed by atoms with Crippen LogP contribution in [0.2, 0.25) is 0 Å². The molecule has 0 fully saturated rings. The molecule has 14 heavy (non-hydrogen) atoms. The molecule has 0 radical (unpaired) electrons. The second kappa shape index (κ2) is 4.75. The number of allylic oxidation sites excluding steroid dienone is 2. The van der Waals surface area contributed by atoms with E-state index < -0.39 is 0 Å². The van der Waals surface area contributed by atoms with Crippen molar-refractivity contribution in [3.8, 4) is 0 Å². The molecule has 0 N–H and O–H groups in total. The van der Waals surface area contributed by atoms with Gasteiger partial charge in [-0.2, -0.15) is 0 Å². The van der Waals surface area contributed by atoms with Crippen molar-refractivity contribution < 1.29 is 0 Å². The van der Waals surface area contributed by atoms with Crippen LogP contribution >= 0.6 is 0 Å². The number of hydrogen-bond acceptors (Lipinski definition) is 1. The lowest BCUT2D eigenvalue weighted by Crippen LogP contribution is -2.00. The number of benzene rings is 1. The van der Waals surface area contributed by atoms with Crippen molar-refractivity contribution in [2.24, 2.45) is 4.99 Å². The van der Waals surface area contributed by atoms with Gasteiger partial charge in [-0.25, -0.2) is 0 Å². The first-order chi connectivity index (χ1) is 6.70. The van der Waals surface area contributed by atoms with Crippen molar-refractivity contribution >= 4 is 5.71 Å². The molecule has 74 valence electrons. The first-order valence-corrected chi connectivity index (χ1v) is 4.86. The highest BCUT2D eigenvalue weighted by atomic mass is 14.7. The minimum absolute atomic E-state index is 1.05. The molecule has 1 rings (SSSR count). The minimum Gasteiger partial charge on any atom is -0.288 e. The zero-order chi connectivity index (χ0) is 10.6. The van der Waals surface area contributed by atoms with E-state index >= 15 is 0 Å². The molecule has 0 bridgehead atoms. The SMILES string of the molecule is C/C=C\C(=NC)c1cccc(C)c1C. The average Bonchev–Trinajstić information content (AvgIpc) is 2.19. The number of aliphatic imine (C=N–C) groups is 1. The van der Waals surface area contributed by atoms with Crippen molar-refractivity contribution in [2.45, 2.75) is 20.8 Å². The molecule has 0 spiro atoms. The van der Waals surface area contributed by atoms with Crippen LogP contribution < -0.4 is 0 Å². The molecule has 1 aromatic rings. The zero-order valence-electron chi connectivity index (χ0n) is 9.33. The summed E-state index contributed by atoms with van der Waals surface area (Å²) in [5.41, 5.74) is 4.90. The molecule has 1 heteroatoms. The van der Waals surface area contributed by atoms with Crippen LogP contribution in [-0.4, -0.2) is 12.8 Å². The average molecular weight is 187 g/mol. The van der Waals surface area contributed by atoms with E-state index in [4.69, 9.17) is 0 Å². The maximum atomic E-state index is 4.28. The van der Waals surface area contributed by atoms with E-state index in [-0.39, 0.29) is 0 Å². The van der Waals surface area contributed by atoms with E-state index in [1.54, 1.807) is 0 Å². The lowest BCUT2D eigenvalue weighted by molar-refractivity contribution is 1.31. The fourth-order valence-corrected chi connectivity index (χ4v) is 1.47. The summed E-state index contributed by atoms with van der Waals surface area (Å²) in [4.78, 5) is 4.28. The maximum Gasteiger partial charge on any atom is 0.0642 e. The molecule has 0 amide bonds. The highest BCUT2D eigenvalue weighted by Gasteiger charge is 2.03. The molecule has 0 aliphatic rings. The van der Waals surface area contributed by atoms with Crippen molar-refractivity contribution in [1.82, 2.24) is 0 Å². The Hall–Kier alpha value is -1.37. The van der Waals surface area contributed by atoms with Crippen LogP contribution in [0.3, 0.4) is 0 Å². The lowest BCUT2D eigenvalue weighted by atomic mass is 9.99. The molecule has 0 unspecified atom stereocenters. The second-order valence-electron chi connectivity index (χ2n) is 3.36. The van der Waals surface area contributed by atoms with Crippen LogP contribution in [0, 0.1) is 13.8 Å². The fraction of sp³-hybridized carbons (Fsp3) is 0.308. The van der Waals surface area contributed by atoms with E-state index in [1.165, 1.54) is 16.7 Å². The molecule has 0 heterocycles. The molecule has 1 aromatic carbocycles. The molecule has 1 nitrogen and oxygen atoms in total. The van der Waals surface area contributed by atoms with Gasteiger partial charge in [0, 0.05) is 12.6 Å². The monoisotopic (exact) mass is 187 g/mol. The standard InChI is InChI=1S/C13H17N/c1-5-7-13(14-4)12-9-6-8-10(2)11(12)3/h5-9H,1-4H3/b7-5-,14-13?. The van der Waals surface area contributed by atoms with Gasteiger partial charge in [0.05, 0.1) is 5.71 Å². The Bertz CT molecular complexity index is 373. The largest absolute Gasteiger partial charge is 0.288 e. The zero-order valence-corrected chi connectivity index (χ0v) is 9.33. The Morgan fingerprint density at radius 3 is 2.57 bits per heavy atom. The summed E-state index contributed by atoms with van der Waals surface area (Å²) < 4.78 is 0. The first-order valence-electron chi connectivity index (χ1n) is 4.86. The molecule has 0 saturated carbocycles. The third-order valence-electron chi connectivity index (χ3n) is 2.45. The van der Waals surface area contributed by atoms with Gasteiger partial charge in [0.2, 0.25) is 0 Å². The smallest absolute Gasteiger partial charge is 0.0642 e. The van der Waals surface area contributed by atoms with Crippen molar-refractivity contribution in [1.29, 1.82) is 0 Å². The molecule has 0 atom stereocenters. The van der Waals surface area contributed by atoms with Gasteiger partial charge < -0.3 is 0 Å². The van der Waals surface area contributed by atoms with Gasteiger partial charge >= 0.3 is 0 Å². The first kappa shape index (κ1) is 10.7. The predicted molar refractivity (Wildman–Crippen MR) is 63.2 cm³/mol. The van der Waals surface area contributed by atoms with Crippen LogP contribution in [0.4, 0.5) is 0 Å². The third kappa shape index (κ3) is 2.11. The van der Waals surface area contributed by atoms with Crippen LogP contribution in [-0.2, 0) is 0 Å². The van der Waals surface area contributed by atoms with Gasteiger partial charge in [-0.3, -0.25) is 4.99 Å². The van der Waals surface area contributed by atoms with Crippen molar-refractivity contribution in [2.75, 3.05) is 7.05 Å². The van der Waals surface area contributed by atoms with Gasteiger partial charge in [0.15, 0.2) is 0 Å². The Morgan fingerprint density at radius 2 is 2.00 bits per heavy atom. The van der Waals surface area contributed by atoms with E-state index in [0.717, 1.165) is 5.71 Å². The van der Waals surface area contributed by atoms with Crippen LogP contribution in [0.5, 0.6) is 0 Å². The molecular formula is C13H17N. The van der Waals surface area contributed by atoms with E-state index in [0.29, 0.717) is 0 Å². The summed E-state index contributed by atoms with van der Waals surface area (Å²) in [7, 11) is 1.83. The van der Waals surface area contributed by atoms with E-state index in [1.807, 2.05) is 26.1 Å². The number of nitrogens with zero attached hydrogens (tertiary/aromatic N) is 1. The summed E-state index contributed by atoms with van der Waals surface area (Å²) in [5.74, 6) is 0. The topological polar surface area (TPSA) is 12.4 Å². The van der Waals surface area contributed by atoms with Crippen molar-refractivity contribution in [3.05, 3.63) is 47.0 Å². The summed E-state index contributed by atoms with van der Waals surface area (Å²) in [6.45, 7) is 6.28. The summed E-state index contributed by atoms with van der Waals surface area (Å²) in [5, 5.41) is 0. The second-order valence-corrected chi connectivity index (χ2v) is 3.36. The maximum absolute atomic E-state index is 4.28. The highest BCUT2D eigenvalue weighted by molar-refractivity contribution is 6.09. The minimum atomic E-state index is 1.05. The van der Waals surface area contributed by atoms with Crippen LogP contribution in [0.15, 0.2) is 35.3 Å². The molecular weight excluding hydrogens is 170 g/mol. The Kier molecular flexibility index (Phi) is 3.63. The normalized spacial score (nSPS) is 12.4. The van der Waals surface area contributed by atoms with E-state index in [2.05, 4.69) is 37.0 Å². The van der Waals surface area contributed by atoms with Gasteiger partial charge in [-0.1, -0.05) is 24.3 Å². The molecule has 0 aromatic heterocycles. The lowest BCUT2D eigenvalue weighted by Gasteiger charge is -2.07. The van der Waals surface area contributed by atoms with E-state index in [9.17, 15) is 0 Å². The van der Waals surface area contributed by atoms with Gasteiger partial charge in [0.1, 0.15) is 0 Å². The van der Waals surface area contributed by atoms with Gasteiger partial charge in [-0.15, -0.1) is 0 Å². The highest BCUT2D eigenvalue weighted by Crippen LogP contribution is 2.14. The molecule has 0 aliphatic heterocycles. The van der Waals surface area contributed by atoms with Gasteiger partial charge in [-0.05, 0) is 38.0 Å².